The monoisotopic (exact) mass is 333 g/mol. The quantitative estimate of drug-likeness (QED) is 0.440. The molecule has 1 rings (SSSR count). The Morgan fingerprint density at radius 1 is 0.917 bits per heavy atom. The van der Waals surface area contributed by atoms with Gasteiger partial charge in [0.1, 0.15) is 5.75 Å². The molecule has 138 valence electrons. The van der Waals surface area contributed by atoms with Crippen LogP contribution < -0.4 is 10.1 Å². The Labute approximate surface area is 150 Å². The Bertz CT molecular complexity index is 419. The van der Waals surface area contributed by atoms with Crippen molar-refractivity contribution in [1.82, 2.24) is 5.32 Å². The van der Waals surface area contributed by atoms with Crippen LogP contribution in [0, 0.1) is 5.41 Å². The Morgan fingerprint density at radius 2 is 1.54 bits per heavy atom. The predicted molar refractivity (Wildman–Crippen MR) is 106 cm³/mol. The van der Waals surface area contributed by atoms with Crippen LogP contribution in [0.25, 0.3) is 0 Å². The van der Waals surface area contributed by atoms with Crippen molar-refractivity contribution in [2.24, 2.45) is 5.41 Å². The lowest BCUT2D eigenvalue weighted by molar-refractivity contribution is 0.304. The maximum absolute atomic E-state index is 5.87. The normalized spacial score (nSPS) is 13.0. The average molecular weight is 334 g/mol. The van der Waals surface area contributed by atoms with Crippen LogP contribution >= 0.6 is 0 Å². The van der Waals surface area contributed by atoms with Crippen molar-refractivity contribution in [2.75, 3.05) is 13.2 Å². The van der Waals surface area contributed by atoms with Crippen molar-refractivity contribution in [2.45, 2.75) is 85.6 Å². The zero-order chi connectivity index (χ0) is 17.8. The lowest BCUT2D eigenvalue weighted by atomic mass is 9.95. The van der Waals surface area contributed by atoms with E-state index < -0.39 is 0 Å². The first-order valence-corrected chi connectivity index (χ1v) is 9.92. The fraction of sp³-hybridized carbons (Fsp3) is 0.727. The summed E-state index contributed by atoms with van der Waals surface area (Å²) in [5.41, 5.74) is 1.67. The molecule has 0 bridgehead atoms. The standard InChI is InChI=1S/C22H39NO/c1-6-8-9-10-11-12-17-24-20-15-13-19(14-16-20)21(7-2)23-18-22(3,4)5/h13-16,21,23H,6-12,17-18H2,1-5H3. The topological polar surface area (TPSA) is 21.3 Å². The van der Waals surface area contributed by atoms with Crippen molar-refractivity contribution in [3.63, 3.8) is 0 Å². The Morgan fingerprint density at radius 3 is 2.12 bits per heavy atom. The molecular weight excluding hydrogens is 294 g/mol. The molecule has 1 aromatic carbocycles. The van der Waals surface area contributed by atoms with Gasteiger partial charge in [-0.2, -0.15) is 0 Å². The van der Waals surface area contributed by atoms with Crippen LogP contribution in [0.4, 0.5) is 0 Å². The van der Waals surface area contributed by atoms with Gasteiger partial charge in [-0.1, -0.05) is 78.9 Å². The van der Waals surface area contributed by atoms with Crippen molar-refractivity contribution >= 4 is 0 Å². The number of unbranched alkanes of at least 4 members (excludes halogenated alkanes) is 5. The summed E-state index contributed by atoms with van der Waals surface area (Å²) in [7, 11) is 0. The van der Waals surface area contributed by atoms with Gasteiger partial charge in [-0.25, -0.2) is 0 Å². The molecule has 1 unspecified atom stereocenters. The lowest BCUT2D eigenvalue weighted by Crippen LogP contribution is -2.30. The molecule has 0 saturated carbocycles. The first-order chi connectivity index (χ1) is 11.5. The number of hydrogen-bond acceptors (Lipinski definition) is 2. The molecule has 0 aliphatic carbocycles. The zero-order valence-corrected chi connectivity index (χ0v) is 16.7. The van der Waals surface area contributed by atoms with E-state index in [1.54, 1.807) is 0 Å². The molecule has 24 heavy (non-hydrogen) atoms. The van der Waals surface area contributed by atoms with E-state index in [0.717, 1.165) is 31.7 Å². The second-order valence-corrected chi connectivity index (χ2v) is 8.09. The highest BCUT2D eigenvalue weighted by Gasteiger charge is 2.14. The van der Waals surface area contributed by atoms with Gasteiger partial charge in [-0.05, 0) is 36.0 Å². The summed E-state index contributed by atoms with van der Waals surface area (Å²) in [6, 6.07) is 9.08. The van der Waals surface area contributed by atoms with Crippen molar-refractivity contribution in [3.8, 4) is 5.75 Å². The molecule has 0 aromatic heterocycles. The molecule has 0 heterocycles. The molecule has 1 atom stereocenters. The van der Waals surface area contributed by atoms with E-state index in [-0.39, 0.29) is 0 Å². The average Bonchev–Trinajstić information content (AvgIpc) is 2.55. The minimum Gasteiger partial charge on any atom is -0.494 e. The van der Waals surface area contributed by atoms with Gasteiger partial charge < -0.3 is 10.1 Å². The first-order valence-electron chi connectivity index (χ1n) is 9.92. The van der Waals surface area contributed by atoms with Crippen LogP contribution in [0.5, 0.6) is 5.75 Å². The van der Waals surface area contributed by atoms with E-state index in [4.69, 9.17) is 4.74 Å². The van der Waals surface area contributed by atoms with Crippen molar-refractivity contribution in [1.29, 1.82) is 0 Å². The van der Waals surface area contributed by atoms with E-state index in [0.29, 0.717) is 11.5 Å². The molecule has 2 nitrogen and oxygen atoms in total. The summed E-state index contributed by atoms with van der Waals surface area (Å²) in [6.45, 7) is 13.2. The van der Waals surface area contributed by atoms with Crippen molar-refractivity contribution in [3.05, 3.63) is 29.8 Å². The minimum atomic E-state index is 0.313. The van der Waals surface area contributed by atoms with Gasteiger partial charge in [0, 0.05) is 12.6 Å². The Kier molecular flexibility index (Phi) is 10.1. The van der Waals surface area contributed by atoms with Gasteiger partial charge in [-0.3, -0.25) is 0 Å². The van der Waals surface area contributed by atoms with E-state index in [1.165, 1.54) is 37.7 Å². The summed E-state index contributed by atoms with van der Waals surface area (Å²) in [6.07, 6.45) is 8.94. The molecule has 1 aromatic rings. The smallest absolute Gasteiger partial charge is 0.119 e. The predicted octanol–water partition coefficient (Wildman–Crippen LogP) is 6.51. The van der Waals surface area contributed by atoms with Gasteiger partial charge in [0.25, 0.3) is 0 Å². The third-order valence-corrected chi connectivity index (χ3v) is 4.34. The molecule has 0 spiro atoms. The van der Waals surface area contributed by atoms with Crippen molar-refractivity contribution < 1.29 is 4.74 Å². The minimum absolute atomic E-state index is 0.313. The Balaban J connectivity index is 2.33. The second kappa shape index (κ2) is 11.5. The molecule has 0 fully saturated rings. The number of hydrogen-bond donors (Lipinski definition) is 1. The van der Waals surface area contributed by atoms with E-state index in [1.807, 2.05) is 0 Å². The highest BCUT2D eigenvalue weighted by molar-refractivity contribution is 5.29. The van der Waals surface area contributed by atoms with Crippen LogP contribution in [0.2, 0.25) is 0 Å². The van der Waals surface area contributed by atoms with Crippen LogP contribution in [0.1, 0.15) is 91.2 Å². The highest BCUT2D eigenvalue weighted by atomic mass is 16.5. The van der Waals surface area contributed by atoms with Crippen LogP contribution in [-0.2, 0) is 0 Å². The second-order valence-electron chi connectivity index (χ2n) is 8.09. The largest absolute Gasteiger partial charge is 0.494 e. The highest BCUT2D eigenvalue weighted by Crippen LogP contribution is 2.22. The van der Waals surface area contributed by atoms with E-state index in [2.05, 4.69) is 64.2 Å². The fourth-order valence-corrected chi connectivity index (χ4v) is 2.80. The van der Waals surface area contributed by atoms with Gasteiger partial charge in [-0.15, -0.1) is 0 Å². The molecule has 0 amide bonds. The van der Waals surface area contributed by atoms with E-state index in [9.17, 15) is 0 Å². The summed E-state index contributed by atoms with van der Waals surface area (Å²) in [5, 5.41) is 3.68. The Hall–Kier alpha value is -1.02. The van der Waals surface area contributed by atoms with Gasteiger partial charge in [0.2, 0.25) is 0 Å². The number of benzene rings is 1. The molecule has 0 aliphatic heterocycles. The third-order valence-electron chi connectivity index (χ3n) is 4.34. The van der Waals surface area contributed by atoms with E-state index >= 15 is 0 Å². The SMILES string of the molecule is CCCCCCCCOc1ccc(C(CC)NCC(C)(C)C)cc1. The fourth-order valence-electron chi connectivity index (χ4n) is 2.80. The molecule has 0 saturated heterocycles. The van der Waals surface area contributed by atoms with Crippen LogP contribution in [0.3, 0.4) is 0 Å². The first kappa shape index (κ1) is 21.0. The molecule has 0 aliphatic rings. The number of nitrogens with one attached hydrogen (secondary N) is 1. The third kappa shape index (κ3) is 9.32. The zero-order valence-electron chi connectivity index (χ0n) is 16.7. The van der Waals surface area contributed by atoms with Crippen LogP contribution in [0.15, 0.2) is 24.3 Å². The molecular formula is C22H39NO. The van der Waals surface area contributed by atoms with Gasteiger partial charge in [0.05, 0.1) is 6.61 Å². The van der Waals surface area contributed by atoms with Gasteiger partial charge in [0.15, 0.2) is 0 Å². The summed E-state index contributed by atoms with van der Waals surface area (Å²) >= 11 is 0. The summed E-state index contributed by atoms with van der Waals surface area (Å²) in [4.78, 5) is 0. The maximum atomic E-state index is 5.87. The van der Waals surface area contributed by atoms with Crippen LogP contribution in [-0.4, -0.2) is 13.2 Å². The maximum Gasteiger partial charge on any atom is 0.119 e. The number of rotatable bonds is 12. The van der Waals surface area contributed by atoms with Gasteiger partial charge >= 0.3 is 0 Å². The molecule has 1 N–H and O–H groups in total. The summed E-state index contributed by atoms with van der Waals surface area (Å²) in [5.74, 6) is 0.998. The summed E-state index contributed by atoms with van der Waals surface area (Å²) < 4.78 is 5.87. The lowest BCUT2D eigenvalue weighted by Gasteiger charge is -2.24. The number of ether oxygens (including phenoxy) is 1. The molecule has 0 radical (unpaired) electrons. The molecule has 2 heteroatoms.